The molecule has 2 heterocycles. The van der Waals surface area contributed by atoms with E-state index in [-0.39, 0.29) is 0 Å². The van der Waals surface area contributed by atoms with E-state index in [0.29, 0.717) is 0 Å². The molecule has 0 fully saturated rings. The number of aryl methyl sites for hydroxylation is 6. The van der Waals surface area contributed by atoms with Crippen molar-refractivity contribution in [3.8, 4) is 33.6 Å². The lowest BCUT2D eigenvalue weighted by atomic mass is 9.91. The number of unbranched alkanes of at least 4 members (excludes halogenated alkanes) is 20. The molecule has 444 valence electrons. The first-order valence-corrected chi connectivity index (χ1v) is 34.0. The summed E-state index contributed by atoms with van der Waals surface area (Å²) in [6.07, 6.45) is 35.7. The van der Waals surface area contributed by atoms with Gasteiger partial charge in [-0.15, -0.1) is 0 Å². The second-order valence-electron chi connectivity index (χ2n) is 25.2. The van der Waals surface area contributed by atoms with Crippen molar-refractivity contribution in [1.29, 1.82) is 0 Å². The van der Waals surface area contributed by atoms with Gasteiger partial charge >= 0.3 is 0 Å². The Labute approximate surface area is 511 Å². The second kappa shape index (κ2) is 31.0. The molecule has 0 aliphatic rings. The van der Waals surface area contributed by atoms with Crippen molar-refractivity contribution in [3.63, 3.8) is 0 Å². The van der Waals surface area contributed by atoms with Crippen LogP contribution in [0.1, 0.15) is 215 Å². The number of nitrogens with zero attached hydrogens (tertiary/aromatic N) is 1. The van der Waals surface area contributed by atoms with E-state index in [4.69, 9.17) is 8.83 Å². The fourth-order valence-electron chi connectivity index (χ4n) is 13.5. The molecule has 0 unspecified atom stereocenters. The summed E-state index contributed by atoms with van der Waals surface area (Å²) in [4.78, 5) is 2.39. The predicted molar refractivity (Wildman–Crippen MR) is 370 cm³/mol. The Bertz CT molecular complexity index is 3630. The van der Waals surface area contributed by atoms with Crippen LogP contribution in [0.25, 0.3) is 77.1 Å². The number of anilines is 3. The lowest BCUT2D eigenvalue weighted by Crippen LogP contribution is -2.09. The lowest BCUT2D eigenvalue weighted by molar-refractivity contribution is 0.583. The molecule has 0 saturated heterocycles. The van der Waals surface area contributed by atoms with Crippen molar-refractivity contribution in [3.05, 3.63) is 185 Å². The van der Waals surface area contributed by atoms with Gasteiger partial charge in [0.15, 0.2) is 0 Å². The lowest BCUT2D eigenvalue weighted by Gasteiger charge is -2.26. The predicted octanol–water partition coefficient (Wildman–Crippen LogP) is 26.2. The number of hydrogen-bond acceptors (Lipinski definition) is 3. The molecule has 0 amide bonds. The van der Waals surface area contributed by atoms with E-state index in [1.54, 1.807) is 0 Å². The number of rotatable bonds is 34. The van der Waals surface area contributed by atoms with Crippen LogP contribution in [0.15, 0.2) is 160 Å². The van der Waals surface area contributed by atoms with Gasteiger partial charge in [-0.05, 0) is 182 Å². The topological polar surface area (TPSA) is 29.5 Å². The van der Waals surface area contributed by atoms with Crippen molar-refractivity contribution in [2.45, 2.75) is 221 Å². The highest BCUT2D eigenvalue weighted by Crippen LogP contribution is 2.48. The van der Waals surface area contributed by atoms with Crippen molar-refractivity contribution < 1.29 is 8.83 Å². The fourth-order valence-corrected chi connectivity index (χ4v) is 13.5. The van der Waals surface area contributed by atoms with E-state index in [1.807, 2.05) is 0 Å². The molecule has 0 bridgehead atoms. The minimum atomic E-state index is 0.917. The fraction of sp³-hybridized carbons (Fsp3) is 0.415. The molecule has 10 rings (SSSR count). The SMILES string of the molecule is CCCCCCCCc1cc(CCCCCCCC)cc(-c2c(C)oc3c2ccc2c3ccc3c(-c4cc(CCCCCCCC)cc(CCCCCCCC)c4)c(-c4ccc(N(c5ccc(C)cc5)c5ccc6ccccc6c5)cc4)oc32)c1. The zero-order valence-electron chi connectivity index (χ0n) is 53.0. The molecule has 0 spiro atoms. The summed E-state index contributed by atoms with van der Waals surface area (Å²) >= 11 is 0. The minimum absolute atomic E-state index is 0.917. The summed E-state index contributed by atoms with van der Waals surface area (Å²) < 4.78 is 14.6. The van der Waals surface area contributed by atoms with Gasteiger partial charge in [0.1, 0.15) is 22.7 Å². The molecular weight excluding hydrogens is 1030 g/mol. The van der Waals surface area contributed by atoms with Crippen LogP contribution in [-0.4, -0.2) is 0 Å². The summed E-state index contributed by atoms with van der Waals surface area (Å²) in [5, 5.41) is 6.98. The van der Waals surface area contributed by atoms with Crippen LogP contribution in [0.3, 0.4) is 0 Å². The van der Waals surface area contributed by atoms with Crippen LogP contribution in [0, 0.1) is 13.8 Å². The number of benzene rings is 8. The Balaban J connectivity index is 1.08. The molecule has 0 atom stereocenters. The van der Waals surface area contributed by atoms with Crippen LogP contribution in [-0.2, 0) is 25.7 Å². The van der Waals surface area contributed by atoms with E-state index in [9.17, 15) is 0 Å². The molecule has 3 heteroatoms. The van der Waals surface area contributed by atoms with E-state index in [2.05, 4.69) is 198 Å². The third-order valence-corrected chi connectivity index (χ3v) is 18.3. The van der Waals surface area contributed by atoms with Crippen LogP contribution in [0.2, 0.25) is 0 Å². The first-order chi connectivity index (χ1) is 41.8. The Morgan fingerprint density at radius 1 is 0.306 bits per heavy atom. The maximum Gasteiger partial charge on any atom is 0.143 e. The molecular formula is C82H99NO2. The molecule has 0 radical (unpaired) electrons. The van der Waals surface area contributed by atoms with Crippen LogP contribution < -0.4 is 4.90 Å². The molecule has 10 aromatic rings. The Hall–Kier alpha value is -6.84. The Kier molecular flexibility index (Phi) is 22.3. The quantitative estimate of drug-likeness (QED) is 0.0377. The van der Waals surface area contributed by atoms with Crippen LogP contribution in [0.5, 0.6) is 0 Å². The average molecular weight is 1130 g/mol. The third-order valence-electron chi connectivity index (χ3n) is 18.3. The normalized spacial score (nSPS) is 11.8. The van der Waals surface area contributed by atoms with Gasteiger partial charge < -0.3 is 13.7 Å². The number of fused-ring (bicyclic) bond motifs is 6. The van der Waals surface area contributed by atoms with Gasteiger partial charge in [-0.1, -0.05) is 241 Å². The van der Waals surface area contributed by atoms with Crippen molar-refractivity contribution in [1.82, 2.24) is 0 Å². The van der Waals surface area contributed by atoms with Gasteiger partial charge in [-0.3, -0.25) is 0 Å². The molecule has 0 aliphatic carbocycles. The highest BCUT2D eigenvalue weighted by molar-refractivity contribution is 6.19. The Morgan fingerprint density at radius 3 is 1.18 bits per heavy atom. The summed E-state index contributed by atoms with van der Waals surface area (Å²) in [7, 11) is 0. The standard InChI is InChI=1S/C82H99NO2/c1-7-11-15-19-23-27-33-62-53-63(34-28-24-20-16-12-8-2)56-69(55-62)78-61(6)84-81-74-50-52-77-79(70-57-64(35-29-25-21-17-13-9-3)54-65(58-70)36-30-26-22-18-14-10-4)80(85-82(77)75(74)49-51-76(78)81)67-42-46-72(47-43-67)83(71-44-39-60(5)40-45-71)73-48-41-66-37-31-32-38-68(66)59-73/h31-32,37-59H,7-30,33-36H2,1-6H3. The summed E-state index contributed by atoms with van der Waals surface area (Å²) in [5.41, 5.74) is 18.3. The molecule has 0 N–H and O–H groups in total. The van der Waals surface area contributed by atoms with Crippen LogP contribution >= 0.6 is 0 Å². The first-order valence-electron chi connectivity index (χ1n) is 34.0. The zero-order valence-corrected chi connectivity index (χ0v) is 53.0. The summed E-state index contributed by atoms with van der Waals surface area (Å²) in [6.45, 7) is 13.6. The molecule has 2 aromatic heterocycles. The monoisotopic (exact) mass is 1130 g/mol. The molecule has 0 aliphatic heterocycles. The van der Waals surface area contributed by atoms with Crippen molar-refractivity contribution in [2.75, 3.05) is 4.90 Å². The maximum absolute atomic E-state index is 7.52. The average Bonchev–Trinajstić information content (AvgIpc) is 1.97. The number of furan rings is 2. The highest BCUT2D eigenvalue weighted by Gasteiger charge is 2.24. The van der Waals surface area contributed by atoms with Crippen LogP contribution in [0.4, 0.5) is 17.1 Å². The van der Waals surface area contributed by atoms with Gasteiger partial charge in [0.25, 0.3) is 0 Å². The molecule has 85 heavy (non-hydrogen) atoms. The van der Waals surface area contributed by atoms with Gasteiger partial charge in [0.05, 0.1) is 0 Å². The summed E-state index contributed by atoms with van der Waals surface area (Å²) in [5.74, 6) is 1.90. The van der Waals surface area contributed by atoms with E-state index >= 15 is 0 Å². The molecule has 8 aromatic carbocycles. The maximum atomic E-state index is 7.52. The van der Waals surface area contributed by atoms with E-state index in [0.717, 1.165) is 87.2 Å². The van der Waals surface area contributed by atoms with Gasteiger partial charge in [-0.2, -0.15) is 0 Å². The van der Waals surface area contributed by atoms with Gasteiger partial charge in [0.2, 0.25) is 0 Å². The smallest absolute Gasteiger partial charge is 0.143 e. The Morgan fingerprint density at radius 2 is 0.694 bits per heavy atom. The first kappa shape index (κ1) is 61.3. The third kappa shape index (κ3) is 15.6. The number of hydrogen-bond donors (Lipinski definition) is 0. The highest BCUT2D eigenvalue weighted by atomic mass is 16.3. The van der Waals surface area contributed by atoms with Crippen molar-refractivity contribution >= 4 is 60.5 Å². The largest absolute Gasteiger partial charge is 0.460 e. The zero-order chi connectivity index (χ0) is 58.7. The van der Waals surface area contributed by atoms with Gasteiger partial charge in [0, 0.05) is 55.3 Å². The van der Waals surface area contributed by atoms with Crippen molar-refractivity contribution in [2.24, 2.45) is 0 Å². The second-order valence-corrected chi connectivity index (χ2v) is 25.2. The van der Waals surface area contributed by atoms with E-state index in [1.165, 1.54) is 220 Å². The molecule has 3 nitrogen and oxygen atoms in total. The van der Waals surface area contributed by atoms with Gasteiger partial charge in [-0.25, -0.2) is 0 Å². The van der Waals surface area contributed by atoms with E-state index < -0.39 is 0 Å². The summed E-state index contributed by atoms with van der Waals surface area (Å²) in [6, 6.07) is 57.9. The molecule has 0 saturated carbocycles. The minimum Gasteiger partial charge on any atom is -0.460 e.